The molecule has 7 heteroatoms. The molecular formula is C24H22N4O3. The first-order valence-electron chi connectivity index (χ1n) is 9.99. The number of carbonyl (C=O) groups is 1. The van der Waals surface area contributed by atoms with Crippen molar-refractivity contribution in [3.8, 4) is 11.1 Å². The number of methoxy groups -OCH3 is 1. The first-order chi connectivity index (χ1) is 15.1. The monoisotopic (exact) mass is 414 g/mol. The largest absolute Gasteiger partial charge is 0.383 e. The molecule has 0 aliphatic carbocycles. The van der Waals surface area contributed by atoms with Gasteiger partial charge in [-0.3, -0.25) is 9.79 Å². The number of aryl methyl sites for hydroxylation is 1. The van der Waals surface area contributed by atoms with Crippen LogP contribution in [0.25, 0.3) is 16.0 Å². The first-order valence-corrected chi connectivity index (χ1v) is 9.99. The molecule has 0 saturated heterocycles. The normalized spacial score (nSPS) is 14.6. The Morgan fingerprint density at radius 3 is 2.65 bits per heavy atom. The summed E-state index contributed by atoms with van der Waals surface area (Å²) in [4.78, 5) is 21.0. The number of aliphatic imine (C=N–C) groups is 1. The van der Waals surface area contributed by atoms with Crippen LogP contribution in [0.5, 0.6) is 0 Å². The molecule has 4 rings (SSSR count). The van der Waals surface area contributed by atoms with Crippen molar-refractivity contribution in [2.75, 3.05) is 20.3 Å². The molecular weight excluding hydrogens is 392 g/mol. The number of rotatable bonds is 6. The minimum atomic E-state index is -0.526. The first kappa shape index (κ1) is 20.5. The molecule has 1 aromatic heterocycles. The van der Waals surface area contributed by atoms with Crippen LogP contribution in [0.2, 0.25) is 0 Å². The molecule has 1 N–H and O–H groups in total. The van der Waals surface area contributed by atoms with E-state index in [0.29, 0.717) is 24.6 Å². The molecule has 7 nitrogen and oxygen atoms in total. The lowest BCUT2D eigenvalue weighted by atomic mass is 9.93. The number of amides is 1. The SMILES string of the molecule is [C-]#[N+]c1ccc(C2=N[C@@H](CC(=O)NCCOC)c3onc(C)c3-c3ccccc32)cc1. The van der Waals surface area contributed by atoms with Crippen LogP contribution in [-0.4, -0.2) is 37.0 Å². The highest BCUT2D eigenvalue weighted by Gasteiger charge is 2.31. The number of hydrogen-bond donors (Lipinski definition) is 1. The number of nitrogens with one attached hydrogen (secondary N) is 1. The zero-order valence-corrected chi connectivity index (χ0v) is 17.4. The van der Waals surface area contributed by atoms with Crippen LogP contribution in [-0.2, 0) is 9.53 Å². The van der Waals surface area contributed by atoms with Gasteiger partial charge >= 0.3 is 0 Å². The Morgan fingerprint density at radius 1 is 1.19 bits per heavy atom. The van der Waals surface area contributed by atoms with E-state index < -0.39 is 6.04 Å². The fourth-order valence-corrected chi connectivity index (χ4v) is 3.74. The number of nitrogens with zero attached hydrogens (tertiary/aromatic N) is 3. The highest BCUT2D eigenvalue weighted by atomic mass is 16.5. The van der Waals surface area contributed by atoms with Crippen LogP contribution in [0.15, 0.2) is 58.0 Å². The van der Waals surface area contributed by atoms with Crippen molar-refractivity contribution in [3.05, 3.63) is 82.5 Å². The van der Waals surface area contributed by atoms with Crippen LogP contribution in [0.1, 0.15) is 35.0 Å². The van der Waals surface area contributed by atoms with Gasteiger partial charge in [0.05, 0.1) is 36.6 Å². The zero-order valence-electron chi connectivity index (χ0n) is 17.4. The second-order valence-corrected chi connectivity index (χ2v) is 7.25. The molecule has 0 spiro atoms. The predicted octanol–water partition coefficient (Wildman–Crippen LogP) is 4.25. The van der Waals surface area contributed by atoms with E-state index in [-0.39, 0.29) is 12.3 Å². The Kier molecular flexibility index (Phi) is 5.92. The third-order valence-corrected chi connectivity index (χ3v) is 5.21. The molecule has 1 atom stereocenters. The summed E-state index contributed by atoms with van der Waals surface area (Å²) in [6.07, 6.45) is 0.128. The number of ether oxygens (including phenoxy) is 1. The van der Waals surface area contributed by atoms with Crippen molar-refractivity contribution in [3.63, 3.8) is 0 Å². The van der Waals surface area contributed by atoms with Gasteiger partial charge in [0.25, 0.3) is 0 Å². The summed E-state index contributed by atoms with van der Waals surface area (Å²) in [6, 6.07) is 14.7. The van der Waals surface area contributed by atoms with Crippen LogP contribution in [0.4, 0.5) is 5.69 Å². The van der Waals surface area contributed by atoms with Crippen molar-refractivity contribution in [1.29, 1.82) is 0 Å². The summed E-state index contributed by atoms with van der Waals surface area (Å²) in [6.45, 7) is 9.97. The molecule has 0 fully saturated rings. The molecule has 0 unspecified atom stereocenters. The third kappa shape index (κ3) is 4.11. The second kappa shape index (κ2) is 8.94. The highest BCUT2D eigenvalue weighted by Crippen LogP contribution is 2.40. The van der Waals surface area contributed by atoms with E-state index >= 15 is 0 Å². The molecule has 0 bridgehead atoms. The average Bonchev–Trinajstić information content (AvgIpc) is 3.11. The lowest BCUT2D eigenvalue weighted by molar-refractivity contribution is -0.121. The maximum atomic E-state index is 12.6. The molecule has 2 heterocycles. The fourth-order valence-electron chi connectivity index (χ4n) is 3.74. The smallest absolute Gasteiger partial charge is 0.222 e. The lowest BCUT2D eigenvalue weighted by Gasteiger charge is -2.12. The van der Waals surface area contributed by atoms with Gasteiger partial charge in [-0.1, -0.05) is 53.7 Å². The number of carbonyl (C=O) groups excluding carboxylic acids is 1. The average molecular weight is 414 g/mol. The maximum absolute atomic E-state index is 12.6. The Balaban J connectivity index is 1.81. The molecule has 1 amide bonds. The Morgan fingerprint density at radius 2 is 1.94 bits per heavy atom. The zero-order chi connectivity index (χ0) is 21.8. The highest BCUT2D eigenvalue weighted by molar-refractivity contribution is 6.17. The summed E-state index contributed by atoms with van der Waals surface area (Å²) in [5, 5.41) is 7.01. The second-order valence-electron chi connectivity index (χ2n) is 7.25. The molecule has 2 aromatic carbocycles. The standard InChI is InChI=1S/C24H22N4O3/c1-15-22-18-6-4-5-7-19(18)23(16-8-10-17(25-2)11-9-16)27-20(24(22)31-28-15)14-21(29)26-12-13-30-3/h4-11,20H,12-14H2,1,3H3,(H,26,29)/t20-/m0/s1. The van der Waals surface area contributed by atoms with Crippen LogP contribution < -0.4 is 5.32 Å². The maximum Gasteiger partial charge on any atom is 0.222 e. The number of aromatic nitrogens is 1. The number of benzene rings is 2. The summed E-state index contributed by atoms with van der Waals surface area (Å²) in [5.74, 6) is 0.444. The molecule has 1 aliphatic heterocycles. The molecule has 1 aliphatic rings. The van der Waals surface area contributed by atoms with Crippen molar-refractivity contribution in [1.82, 2.24) is 10.5 Å². The van der Waals surface area contributed by atoms with E-state index in [1.165, 1.54) is 0 Å². The summed E-state index contributed by atoms with van der Waals surface area (Å²) < 4.78 is 10.7. The molecule has 31 heavy (non-hydrogen) atoms. The summed E-state index contributed by atoms with van der Waals surface area (Å²) >= 11 is 0. The van der Waals surface area contributed by atoms with Crippen molar-refractivity contribution in [2.45, 2.75) is 19.4 Å². The lowest BCUT2D eigenvalue weighted by Crippen LogP contribution is -2.28. The van der Waals surface area contributed by atoms with Gasteiger partial charge in [-0.05, 0) is 18.1 Å². The number of hydrogen-bond acceptors (Lipinski definition) is 5. The third-order valence-electron chi connectivity index (χ3n) is 5.21. The summed E-state index contributed by atoms with van der Waals surface area (Å²) in [5.41, 5.74) is 5.73. The Labute approximate surface area is 180 Å². The van der Waals surface area contributed by atoms with Crippen LogP contribution in [0, 0.1) is 13.5 Å². The molecule has 0 radical (unpaired) electrons. The molecule has 0 saturated carbocycles. The van der Waals surface area contributed by atoms with Gasteiger partial charge in [0.15, 0.2) is 11.4 Å². The van der Waals surface area contributed by atoms with Crippen molar-refractivity contribution < 1.29 is 14.1 Å². The van der Waals surface area contributed by atoms with E-state index in [1.807, 2.05) is 43.3 Å². The van der Waals surface area contributed by atoms with Crippen molar-refractivity contribution in [2.24, 2.45) is 4.99 Å². The van der Waals surface area contributed by atoms with Crippen LogP contribution >= 0.6 is 0 Å². The van der Waals surface area contributed by atoms with E-state index in [1.54, 1.807) is 19.2 Å². The van der Waals surface area contributed by atoms with Gasteiger partial charge < -0.3 is 14.6 Å². The van der Waals surface area contributed by atoms with Gasteiger partial charge in [-0.25, -0.2) is 4.85 Å². The van der Waals surface area contributed by atoms with E-state index in [4.69, 9.17) is 20.8 Å². The van der Waals surface area contributed by atoms with Crippen molar-refractivity contribution >= 4 is 17.3 Å². The number of fused-ring (bicyclic) bond motifs is 3. The minimum Gasteiger partial charge on any atom is -0.383 e. The topological polar surface area (TPSA) is 81.1 Å². The molecule has 156 valence electrons. The quantitative estimate of drug-likeness (QED) is 0.483. The van der Waals surface area contributed by atoms with Gasteiger partial charge in [0, 0.05) is 19.2 Å². The Hall–Kier alpha value is -3.76. The van der Waals surface area contributed by atoms with Gasteiger partial charge in [-0.2, -0.15) is 0 Å². The summed E-state index contributed by atoms with van der Waals surface area (Å²) in [7, 11) is 1.59. The van der Waals surface area contributed by atoms with Gasteiger partial charge in [-0.15, -0.1) is 0 Å². The van der Waals surface area contributed by atoms with Gasteiger partial charge in [0.1, 0.15) is 6.04 Å². The van der Waals surface area contributed by atoms with Crippen LogP contribution in [0.3, 0.4) is 0 Å². The van der Waals surface area contributed by atoms with Gasteiger partial charge in [0.2, 0.25) is 5.91 Å². The Bertz CT molecular complexity index is 1170. The molecule has 3 aromatic rings. The van der Waals surface area contributed by atoms with E-state index in [2.05, 4.69) is 15.3 Å². The minimum absolute atomic E-state index is 0.128. The predicted molar refractivity (Wildman–Crippen MR) is 117 cm³/mol. The van der Waals surface area contributed by atoms with E-state index in [9.17, 15) is 4.79 Å². The van der Waals surface area contributed by atoms with E-state index in [0.717, 1.165) is 33.7 Å². The fraction of sp³-hybridized carbons (Fsp3) is 0.250.